The highest BCUT2D eigenvalue weighted by Gasteiger charge is 2.27. The van der Waals surface area contributed by atoms with Gasteiger partial charge in [-0.15, -0.1) is 24.0 Å². The average Bonchev–Trinajstić information content (AvgIpc) is 2.62. The zero-order chi connectivity index (χ0) is 21.0. The number of ether oxygens (including phenoxy) is 3. The van der Waals surface area contributed by atoms with Gasteiger partial charge in [0.05, 0.1) is 13.7 Å². The quantitative estimate of drug-likeness (QED) is 0.146. The largest absolute Gasteiger partial charge is 0.497 e. The van der Waals surface area contributed by atoms with Crippen molar-refractivity contribution in [2.75, 3.05) is 33.4 Å². The van der Waals surface area contributed by atoms with E-state index in [0.717, 1.165) is 0 Å². The summed E-state index contributed by atoms with van der Waals surface area (Å²) in [6.45, 7) is -1.60. The summed E-state index contributed by atoms with van der Waals surface area (Å²) >= 11 is 0. The Hall–Kier alpha value is -1.57. The lowest BCUT2D eigenvalue weighted by Crippen LogP contribution is -2.38. The minimum atomic E-state index is -4.35. The number of guanidine groups is 1. The van der Waals surface area contributed by atoms with E-state index in [0.29, 0.717) is 36.8 Å². The first-order valence-electron chi connectivity index (χ1n) is 8.53. The van der Waals surface area contributed by atoms with Gasteiger partial charge in [0.25, 0.3) is 0 Å². The molecule has 0 bridgehead atoms. The van der Waals surface area contributed by atoms with Gasteiger partial charge >= 0.3 is 12.8 Å². The smallest absolute Gasteiger partial charge is 0.411 e. The Morgan fingerprint density at radius 3 is 2.52 bits per heavy atom. The van der Waals surface area contributed by atoms with Gasteiger partial charge in [-0.25, -0.2) is 4.99 Å². The van der Waals surface area contributed by atoms with E-state index in [1.807, 2.05) is 6.92 Å². The van der Waals surface area contributed by atoms with Crippen LogP contribution >= 0.6 is 24.0 Å². The number of methoxy groups -OCH3 is 1. The van der Waals surface area contributed by atoms with E-state index in [2.05, 4.69) is 25.1 Å². The van der Waals surface area contributed by atoms with Crippen LogP contribution in [0.2, 0.25) is 0 Å². The molecule has 6 nitrogen and oxygen atoms in total. The van der Waals surface area contributed by atoms with E-state index in [1.165, 1.54) is 25.3 Å². The van der Waals surface area contributed by atoms with Gasteiger partial charge in [0.15, 0.2) is 5.96 Å². The molecule has 0 fully saturated rings. The van der Waals surface area contributed by atoms with E-state index in [9.17, 15) is 22.0 Å². The van der Waals surface area contributed by atoms with Crippen LogP contribution in [0, 0.1) is 0 Å². The van der Waals surface area contributed by atoms with Gasteiger partial charge in [0.2, 0.25) is 0 Å². The number of aliphatic imine (C=N–C) groups is 1. The second-order valence-corrected chi connectivity index (χ2v) is 5.50. The molecule has 29 heavy (non-hydrogen) atoms. The van der Waals surface area contributed by atoms with Crippen molar-refractivity contribution >= 4 is 29.9 Å². The van der Waals surface area contributed by atoms with Gasteiger partial charge < -0.3 is 24.8 Å². The average molecular weight is 541 g/mol. The van der Waals surface area contributed by atoms with Crippen molar-refractivity contribution in [2.45, 2.75) is 32.7 Å². The molecule has 0 radical (unpaired) electrons. The first-order valence-corrected chi connectivity index (χ1v) is 8.53. The molecule has 0 aromatic heterocycles. The van der Waals surface area contributed by atoms with Crippen LogP contribution < -0.4 is 20.1 Å². The molecule has 1 rings (SSSR count). The van der Waals surface area contributed by atoms with Crippen LogP contribution in [-0.2, 0) is 11.3 Å². The van der Waals surface area contributed by atoms with Gasteiger partial charge in [-0.3, -0.25) is 0 Å². The summed E-state index contributed by atoms with van der Waals surface area (Å²) in [5, 5.41) is 5.89. The number of benzene rings is 1. The monoisotopic (exact) mass is 541 g/mol. The molecule has 0 aliphatic heterocycles. The zero-order valence-corrected chi connectivity index (χ0v) is 18.4. The highest BCUT2D eigenvalue weighted by molar-refractivity contribution is 14.0. The Morgan fingerprint density at radius 2 is 1.93 bits per heavy atom. The van der Waals surface area contributed by atoms with Crippen LogP contribution in [0.25, 0.3) is 0 Å². The molecule has 0 unspecified atom stereocenters. The fraction of sp³-hybridized carbons (Fsp3) is 0.588. The molecule has 2 N–H and O–H groups in total. The minimum absolute atomic E-state index is 0. The molecule has 0 heterocycles. The van der Waals surface area contributed by atoms with Crippen molar-refractivity contribution in [2.24, 2.45) is 4.99 Å². The molecule has 0 saturated carbocycles. The van der Waals surface area contributed by atoms with Gasteiger partial charge in [0, 0.05) is 25.3 Å². The molecule has 0 aliphatic rings. The van der Waals surface area contributed by atoms with Crippen LogP contribution in [0.4, 0.5) is 22.0 Å². The van der Waals surface area contributed by atoms with Gasteiger partial charge in [-0.2, -0.15) is 22.0 Å². The molecule has 0 saturated heterocycles. The highest BCUT2D eigenvalue weighted by Crippen LogP contribution is 2.26. The first-order chi connectivity index (χ1) is 13.2. The predicted octanol–water partition coefficient (Wildman–Crippen LogP) is 3.94. The van der Waals surface area contributed by atoms with E-state index in [-0.39, 0.29) is 42.9 Å². The third kappa shape index (κ3) is 12.6. The summed E-state index contributed by atoms with van der Waals surface area (Å²) in [7, 11) is 1.45. The molecule has 12 heteroatoms. The maximum absolute atomic E-state index is 12.5. The van der Waals surface area contributed by atoms with Crippen molar-refractivity contribution in [1.29, 1.82) is 0 Å². The van der Waals surface area contributed by atoms with E-state index >= 15 is 0 Å². The van der Waals surface area contributed by atoms with Crippen LogP contribution in [0.15, 0.2) is 23.2 Å². The van der Waals surface area contributed by atoms with E-state index in [4.69, 9.17) is 4.74 Å². The summed E-state index contributed by atoms with van der Waals surface area (Å²) in [4.78, 5) is 4.28. The molecule has 1 aromatic rings. The standard InChI is InChI=1S/C17H24F5N3O3.HI/c1-3-23-16(24-7-4-8-27-11-17(20,21)22)25-10-12-9-13(26-2)5-6-14(12)28-15(18)19;/h5-6,9,15H,3-4,7-8,10-11H2,1-2H3,(H2,23,24,25);1H. The molecule has 0 atom stereocenters. The first kappa shape index (κ1) is 27.4. The van der Waals surface area contributed by atoms with Crippen LogP contribution in [-0.4, -0.2) is 52.2 Å². The SMILES string of the molecule is CCNC(=NCc1cc(OC)ccc1OC(F)F)NCCCOCC(F)(F)F.I. The van der Waals surface area contributed by atoms with E-state index < -0.39 is 19.4 Å². The number of hydrogen-bond donors (Lipinski definition) is 2. The van der Waals surface area contributed by atoms with Crippen molar-refractivity contribution in [1.82, 2.24) is 10.6 Å². The summed E-state index contributed by atoms with van der Waals surface area (Å²) < 4.78 is 75.1. The summed E-state index contributed by atoms with van der Waals surface area (Å²) in [5.41, 5.74) is 0.394. The molecule has 0 amide bonds. The number of hydrogen-bond acceptors (Lipinski definition) is 4. The van der Waals surface area contributed by atoms with Crippen molar-refractivity contribution in [3.63, 3.8) is 0 Å². The fourth-order valence-electron chi connectivity index (χ4n) is 2.09. The Bertz CT molecular complexity index is 618. The molecular formula is C17H25F5IN3O3. The fourth-order valence-corrected chi connectivity index (χ4v) is 2.09. The predicted molar refractivity (Wildman–Crippen MR) is 109 cm³/mol. The zero-order valence-electron chi connectivity index (χ0n) is 16.0. The summed E-state index contributed by atoms with van der Waals surface area (Å²) in [5.74, 6) is 0.826. The van der Waals surface area contributed by atoms with Crippen molar-refractivity contribution < 1.29 is 36.2 Å². The normalized spacial score (nSPS) is 11.8. The van der Waals surface area contributed by atoms with Crippen LogP contribution in [0.1, 0.15) is 18.9 Å². The Labute approximate surface area is 183 Å². The molecule has 0 spiro atoms. The number of nitrogens with zero attached hydrogens (tertiary/aromatic N) is 1. The van der Waals surface area contributed by atoms with Crippen LogP contribution in [0.5, 0.6) is 11.5 Å². The Kier molecular flexibility index (Phi) is 13.6. The summed E-state index contributed by atoms with van der Waals surface area (Å²) in [6.07, 6.45) is -4.02. The van der Waals surface area contributed by atoms with Gasteiger partial charge in [-0.05, 0) is 31.5 Å². The second kappa shape index (κ2) is 14.4. The summed E-state index contributed by atoms with van der Waals surface area (Å²) in [6, 6.07) is 4.40. The Morgan fingerprint density at radius 1 is 1.21 bits per heavy atom. The van der Waals surface area contributed by atoms with E-state index in [1.54, 1.807) is 0 Å². The number of alkyl halides is 5. The Balaban J connectivity index is 0.00000784. The molecular weight excluding hydrogens is 516 g/mol. The van der Waals surface area contributed by atoms with Crippen LogP contribution in [0.3, 0.4) is 0 Å². The lowest BCUT2D eigenvalue weighted by Gasteiger charge is -2.14. The van der Waals surface area contributed by atoms with Gasteiger partial charge in [-0.1, -0.05) is 0 Å². The third-order valence-electron chi connectivity index (χ3n) is 3.26. The third-order valence-corrected chi connectivity index (χ3v) is 3.26. The second-order valence-electron chi connectivity index (χ2n) is 5.50. The molecule has 1 aromatic carbocycles. The maximum atomic E-state index is 12.5. The molecule has 168 valence electrons. The number of nitrogens with one attached hydrogen (secondary N) is 2. The molecule has 0 aliphatic carbocycles. The van der Waals surface area contributed by atoms with Gasteiger partial charge in [0.1, 0.15) is 18.1 Å². The van der Waals surface area contributed by atoms with Crippen molar-refractivity contribution in [3.05, 3.63) is 23.8 Å². The topological polar surface area (TPSA) is 64.1 Å². The minimum Gasteiger partial charge on any atom is -0.497 e. The maximum Gasteiger partial charge on any atom is 0.411 e. The highest BCUT2D eigenvalue weighted by atomic mass is 127. The lowest BCUT2D eigenvalue weighted by molar-refractivity contribution is -0.173. The number of halogens is 6. The lowest BCUT2D eigenvalue weighted by atomic mass is 10.2. The number of rotatable bonds is 11. The van der Waals surface area contributed by atoms with Crippen molar-refractivity contribution in [3.8, 4) is 11.5 Å².